The van der Waals surface area contributed by atoms with Gasteiger partial charge in [0.2, 0.25) is 0 Å². The molecule has 0 spiro atoms. The third-order valence-electron chi connectivity index (χ3n) is 5.02. The minimum atomic E-state index is -0.411. The first-order valence-electron chi connectivity index (χ1n) is 9.25. The number of nitrogens with zero attached hydrogens (tertiary/aromatic N) is 3. The molecule has 0 N–H and O–H groups in total. The monoisotopic (exact) mass is 389 g/mol. The van der Waals surface area contributed by atoms with Crippen molar-refractivity contribution >= 4 is 23.1 Å². The van der Waals surface area contributed by atoms with Crippen molar-refractivity contribution in [3.8, 4) is 11.8 Å². The third-order valence-corrected chi connectivity index (χ3v) is 5.02. The number of rotatable bonds is 4. The molecule has 2 aromatic carbocycles. The van der Waals surface area contributed by atoms with Crippen LogP contribution in [-0.4, -0.2) is 50.1 Å². The topological polar surface area (TPSA) is 82.9 Å². The Morgan fingerprint density at radius 1 is 1.00 bits per heavy atom. The molecule has 7 heteroatoms. The predicted octanol–water partition coefficient (Wildman–Crippen LogP) is 2.18. The lowest BCUT2D eigenvalue weighted by molar-refractivity contribution is -0.121. The molecule has 1 saturated heterocycles. The van der Waals surface area contributed by atoms with Gasteiger partial charge in [0.1, 0.15) is 11.4 Å². The molecule has 146 valence electrons. The predicted molar refractivity (Wildman–Crippen MR) is 106 cm³/mol. The lowest BCUT2D eigenvalue weighted by atomic mass is 10.0. The molecular weight excluding hydrogens is 370 g/mol. The number of amides is 2. The van der Waals surface area contributed by atoms with Crippen molar-refractivity contribution < 1.29 is 19.1 Å². The Hall–Kier alpha value is -3.63. The molecule has 29 heavy (non-hydrogen) atoms. The Bertz CT molecular complexity index is 1030. The van der Waals surface area contributed by atoms with Crippen LogP contribution < -0.4 is 9.64 Å². The van der Waals surface area contributed by atoms with E-state index in [0.717, 1.165) is 4.90 Å². The van der Waals surface area contributed by atoms with Crippen molar-refractivity contribution in [3.63, 3.8) is 0 Å². The molecule has 2 aliphatic heterocycles. The van der Waals surface area contributed by atoms with E-state index in [1.165, 1.54) is 7.11 Å². The van der Waals surface area contributed by atoms with Crippen LogP contribution in [0.2, 0.25) is 0 Å². The zero-order valence-corrected chi connectivity index (χ0v) is 15.9. The van der Waals surface area contributed by atoms with Gasteiger partial charge in [-0.3, -0.25) is 9.59 Å². The summed E-state index contributed by atoms with van der Waals surface area (Å²) in [5.41, 5.74) is 2.13. The van der Waals surface area contributed by atoms with E-state index in [0.29, 0.717) is 60.1 Å². The fraction of sp³-hybridized carbons (Fsp3) is 0.227. The fourth-order valence-corrected chi connectivity index (χ4v) is 3.61. The molecule has 0 aromatic heterocycles. The quantitative estimate of drug-likeness (QED) is 0.746. The average molecular weight is 389 g/mol. The Kier molecular flexibility index (Phi) is 5.02. The maximum atomic E-state index is 13.5. The SMILES string of the molecule is COc1ccccc1C1=C(N2CCOCC2)C(=O)N(c2ccc(C#N)cc2)C1=O. The summed E-state index contributed by atoms with van der Waals surface area (Å²) in [5.74, 6) is -0.274. The van der Waals surface area contributed by atoms with Crippen LogP contribution in [0.25, 0.3) is 5.57 Å². The molecule has 0 bridgehead atoms. The zero-order valence-electron chi connectivity index (χ0n) is 15.9. The molecule has 1 fully saturated rings. The van der Waals surface area contributed by atoms with Gasteiger partial charge in [-0.1, -0.05) is 18.2 Å². The number of nitriles is 1. The van der Waals surface area contributed by atoms with Crippen LogP contribution >= 0.6 is 0 Å². The van der Waals surface area contributed by atoms with E-state index in [1.54, 1.807) is 36.4 Å². The highest BCUT2D eigenvalue weighted by Crippen LogP contribution is 2.38. The molecule has 2 heterocycles. The van der Waals surface area contributed by atoms with Gasteiger partial charge >= 0.3 is 0 Å². The standard InChI is InChI=1S/C22H19N3O4/c1-28-18-5-3-2-4-17(18)19-20(24-10-12-29-13-11-24)22(27)25(21(19)26)16-8-6-15(14-23)7-9-16/h2-9H,10-13H2,1H3. The number of hydrogen-bond acceptors (Lipinski definition) is 6. The van der Waals surface area contributed by atoms with Crippen molar-refractivity contribution in [3.05, 3.63) is 65.4 Å². The number of hydrogen-bond donors (Lipinski definition) is 0. The van der Waals surface area contributed by atoms with Crippen molar-refractivity contribution in [2.75, 3.05) is 38.3 Å². The molecule has 0 aliphatic carbocycles. The van der Waals surface area contributed by atoms with Crippen LogP contribution in [0.1, 0.15) is 11.1 Å². The van der Waals surface area contributed by atoms with E-state index in [2.05, 4.69) is 0 Å². The first-order chi connectivity index (χ1) is 14.2. The number of methoxy groups -OCH3 is 1. The van der Waals surface area contributed by atoms with Crippen LogP contribution in [0.5, 0.6) is 5.75 Å². The normalized spacial score (nSPS) is 17.0. The summed E-state index contributed by atoms with van der Waals surface area (Å²) in [6, 6.07) is 15.6. The maximum Gasteiger partial charge on any atom is 0.282 e. The summed E-state index contributed by atoms with van der Waals surface area (Å²) in [4.78, 5) is 29.9. The minimum absolute atomic E-state index is 0.318. The van der Waals surface area contributed by atoms with E-state index in [1.807, 2.05) is 23.1 Å². The summed E-state index contributed by atoms with van der Waals surface area (Å²) >= 11 is 0. The van der Waals surface area contributed by atoms with Gasteiger partial charge in [0.25, 0.3) is 11.8 Å². The second-order valence-corrected chi connectivity index (χ2v) is 6.63. The number of imide groups is 1. The molecule has 2 aromatic rings. The first kappa shape index (κ1) is 18.7. The number of ether oxygens (including phenoxy) is 2. The van der Waals surface area contributed by atoms with E-state index in [4.69, 9.17) is 14.7 Å². The smallest absolute Gasteiger partial charge is 0.282 e. The van der Waals surface area contributed by atoms with Gasteiger partial charge in [-0.15, -0.1) is 0 Å². The number of benzene rings is 2. The van der Waals surface area contributed by atoms with Gasteiger partial charge < -0.3 is 14.4 Å². The Morgan fingerprint density at radius 3 is 2.34 bits per heavy atom. The van der Waals surface area contributed by atoms with Crippen molar-refractivity contribution in [1.82, 2.24) is 4.90 Å². The van der Waals surface area contributed by atoms with Crippen LogP contribution in [0.4, 0.5) is 5.69 Å². The molecule has 0 saturated carbocycles. The highest BCUT2D eigenvalue weighted by atomic mass is 16.5. The molecule has 0 atom stereocenters. The van der Waals surface area contributed by atoms with Crippen LogP contribution in [0.15, 0.2) is 54.2 Å². The highest BCUT2D eigenvalue weighted by Gasteiger charge is 2.43. The molecule has 0 unspecified atom stereocenters. The average Bonchev–Trinajstić information content (AvgIpc) is 3.04. The summed E-state index contributed by atoms with van der Waals surface area (Å²) in [5, 5.41) is 9.02. The van der Waals surface area contributed by atoms with Crippen LogP contribution in [-0.2, 0) is 14.3 Å². The van der Waals surface area contributed by atoms with Crippen LogP contribution in [0.3, 0.4) is 0 Å². The van der Waals surface area contributed by atoms with Crippen LogP contribution in [0, 0.1) is 11.3 Å². The summed E-state index contributed by atoms with van der Waals surface area (Å²) in [7, 11) is 1.54. The lowest BCUT2D eigenvalue weighted by Crippen LogP contribution is -2.40. The van der Waals surface area contributed by atoms with Crippen molar-refractivity contribution in [2.24, 2.45) is 0 Å². The number of anilines is 1. The summed E-state index contributed by atoms with van der Waals surface area (Å²) in [6.07, 6.45) is 0. The zero-order chi connectivity index (χ0) is 20.4. The number of carbonyl (C=O) groups is 2. The van der Waals surface area contributed by atoms with E-state index in [-0.39, 0.29) is 5.91 Å². The number of para-hydroxylation sites is 1. The summed E-state index contributed by atoms with van der Waals surface area (Å²) in [6.45, 7) is 2.02. The molecular formula is C22H19N3O4. The van der Waals surface area contributed by atoms with Gasteiger partial charge in [0, 0.05) is 18.7 Å². The Labute approximate surface area is 168 Å². The van der Waals surface area contributed by atoms with Gasteiger partial charge in [-0.2, -0.15) is 5.26 Å². The van der Waals surface area contributed by atoms with Gasteiger partial charge in [-0.05, 0) is 30.3 Å². The second kappa shape index (κ2) is 7.78. The van der Waals surface area contributed by atoms with Gasteiger partial charge in [0.05, 0.1) is 43.2 Å². The second-order valence-electron chi connectivity index (χ2n) is 6.63. The number of morpholine rings is 1. The van der Waals surface area contributed by atoms with E-state index in [9.17, 15) is 9.59 Å². The maximum absolute atomic E-state index is 13.5. The van der Waals surface area contributed by atoms with Crippen molar-refractivity contribution in [1.29, 1.82) is 5.26 Å². The molecule has 7 nitrogen and oxygen atoms in total. The fourth-order valence-electron chi connectivity index (χ4n) is 3.61. The van der Waals surface area contributed by atoms with Gasteiger partial charge in [-0.25, -0.2) is 4.90 Å². The Balaban J connectivity index is 1.84. The number of carbonyl (C=O) groups excluding carboxylic acids is 2. The minimum Gasteiger partial charge on any atom is -0.496 e. The molecule has 2 aliphatic rings. The highest BCUT2D eigenvalue weighted by molar-refractivity contribution is 6.45. The largest absolute Gasteiger partial charge is 0.496 e. The summed E-state index contributed by atoms with van der Waals surface area (Å²) < 4.78 is 10.9. The third kappa shape index (κ3) is 3.24. The van der Waals surface area contributed by atoms with Crippen molar-refractivity contribution in [2.45, 2.75) is 0 Å². The Morgan fingerprint density at radius 2 is 1.69 bits per heavy atom. The van der Waals surface area contributed by atoms with E-state index < -0.39 is 5.91 Å². The lowest BCUT2D eigenvalue weighted by Gasteiger charge is -2.29. The molecule has 2 amide bonds. The molecule has 4 rings (SSSR count). The van der Waals surface area contributed by atoms with Gasteiger partial charge in [0.15, 0.2) is 0 Å². The molecule has 0 radical (unpaired) electrons. The van der Waals surface area contributed by atoms with E-state index >= 15 is 0 Å². The first-order valence-corrected chi connectivity index (χ1v) is 9.25.